The molecule has 1 amide bonds. The van der Waals surface area contributed by atoms with Crippen molar-refractivity contribution in [1.82, 2.24) is 5.32 Å². The molecule has 0 aliphatic carbocycles. The van der Waals surface area contributed by atoms with Crippen LogP contribution in [0.5, 0.6) is 17.2 Å². The van der Waals surface area contributed by atoms with Gasteiger partial charge in [0.25, 0.3) is 10.0 Å². The Balaban J connectivity index is 1.73. The Hall–Kier alpha value is -3.72. The molecular weight excluding hydrogens is 468 g/mol. The molecule has 3 rings (SSSR count). The predicted octanol–water partition coefficient (Wildman–Crippen LogP) is 3.79. The van der Waals surface area contributed by atoms with E-state index in [4.69, 9.17) is 14.2 Å². The van der Waals surface area contributed by atoms with Gasteiger partial charge in [0.15, 0.2) is 0 Å². The van der Waals surface area contributed by atoms with Crippen molar-refractivity contribution in [1.29, 1.82) is 0 Å². The number of carbonyl (C=O) groups excluding carboxylic acids is 1. The highest BCUT2D eigenvalue weighted by molar-refractivity contribution is 7.92. The number of hydrogen-bond acceptors (Lipinski definition) is 6. The number of benzene rings is 3. The number of nitrogens with zero attached hydrogens (tertiary/aromatic N) is 1. The van der Waals surface area contributed by atoms with E-state index < -0.39 is 22.5 Å². The Labute approximate surface area is 206 Å². The van der Waals surface area contributed by atoms with Gasteiger partial charge in [-0.15, -0.1) is 0 Å². The minimum atomic E-state index is -3.99. The Morgan fingerprint density at radius 3 is 1.91 bits per heavy atom. The fourth-order valence-electron chi connectivity index (χ4n) is 3.29. The Bertz CT molecular complexity index is 1210. The minimum absolute atomic E-state index is 0.0996. The SMILES string of the molecule is COc1ccc(OCC(C)NC(=O)CN(c2ccc(OC)cc2)S(=O)(=O)c2ccc(C)cc2)cc1. The molecule has 186 valence electrons. The van der Waals surface area contributed by atoms with Crippen molar-refractivity contribution < 1.29 is 27.4 Å². The van der Waals surface area contributed by atoms with Gasteiger partial charge in [-0.3, -0.25) is 9.10 Å². The monoisotopic (exact) mass is 498 g/mol. The number of rotatable bonds is 11. The number of ether oxygens (including phenoxy) is 3. The quantitative estimate of drug-likeness (QED) is 0.432. The maximum atomic E-state index is 13.5. The van der Waals surface area contributed by atoms with Crippen molar-refractivity contribution in [3.8, 4) is 17.2 Å². The number of carbonyl (C=O) groups is 1. The van der Waals surface area contributed by atoms with Crippen molar-refractivity contribution in [2.45, 2.75) is 24.8 Å². The molecule has 1 unspecified atom stereocenters. The van der Waals surface area contributed by atoms with Crippen LogP contribution in [0.15, 0.2) is 77.7 Å². The van der Waals surface area contributed by atoms with Crippen molar-refractivity contribution in [3.05, 3.63) is 78.4 Å². The molecule has 9 heteroatoms. The van der Waals surface area contributed by atoms with E-state index in [2.05, 4.69) is 5.32 Å². The second-order valence-electron chi connectivity index (χ2n) is 7.98. The average molecular weight is 499 g/mol. The molecule has 3 aromatic rings. The molecule has 0 saturated carbocycles. The molecular formula is C26H30N2O6S. The number of amides is 1. The summed E-state index contributed by atoms with van der Waals surface area (Å²) >= 11 is 0. The lowest BCUT2D eigenvalue weighted by atomic mass is 10.2. The summed E-state index contributed by atoms with van der Waals surface area (Å²) in [5.41, 5.74) is 1.28. The van der Waals surface area contributed by atoms with Gasteiger partial charge in [-0.25, -0.2) is 8.42 Å². The van der Waals surface area contributed by atoms with Gasteiger partial charge in [0.05, 0.1) is 30.8 Å². The average Bonchev–Trinajstić information content (AvgIpc) is 2.86. The third-order valence-electron chi connectivity index (χ3n) is 5.22. The Morgan fingerprint density at radius 1 is 0.857 bits per heavy atom. The molecule has 0 saturated heterocycles. The van der Waals surface area contributed by atoms with Crippen molar-refractivity contribution in [3.63, 3.8) is 0 Å². The number of anilines is 1. The van der Waals surface area contributed by atoms with E-state index >= 15 is 0 Å². The summed E-state index contributed by atoms with van der Waals surface area (Å²) in [5, 5.41) is 2.81. The highest BCUT2D eigenvalue weighted by Gasteiger charge is 2.27. The maximum Gasteiger partial charge on any atom is 0.264 e. The van der Waals surface area contributed by atoms with Gasteiger partial charge < -0.3 is 19.5 Å². The standard InChI is InChI=1S/C26H30N2O6S/c1-19-5-15-25(16-6-19)35(30,31)28(21-7-9-22(32-3)10-8-21)17-26(29)27-20(2)18-34-24-13-11-23(33-4)12-14-24/h5-16,20H,17-18H2,1-4H3,(H,27,29). The van der Waals surface area contributed by atoms with Gasteiger partial charge in [0.2, 0.25) is 5.91 Å². The highest BCUT2D eigenvalue weighted by Crippen LogP contribution is 2.26. The van der Waals surface area contributed by atoms with E-state index in [-0.39, 0.29) is 17.5 Å². The third-order valence-corrected chi connectivity index (χ3v) is 7.01. The summed E-state index contributed by atoms with van der Waals surface area (Å²) in [6.45, 7) is 3.48. The molecule has 0 radical (unpaired) electrons. The first-order valence-corrected chi connectivity index (χ1v) is 12.5. The number of aryl methyl sites for hydroxylation is 1. The second-order valence-corrected chi connectivity index (χ2v) is 9.84. The van der Waals surface area contributed by atoms with Crippen LogP contribution in [-0.2, 0) is 14.8 Å². The lowest BCUT2D eigenvalue weighted by Crippen LogP contribution is -2.45. The van der Waals surface area contributed by atoms with Crippen LogP contribution in [0, 0.1) is 6.92 Å². The molecule has 0 aliphatic rings. The molecule has 8 nitrogen and oxygen atoms in total. The van der Waals surface area contributed by atoms with Gasteiger partial charge in [-0.05, 0) is 74.5 Å². The fourth-order valence-corrected chi connectivity index (χ4v) is 4.71. The van der Waals surface area contributed by atoms with Crippen molar-refractivity contribution >= 4 is 21.6 Å². The number of hydrogen-bond donors (Lipinski definition) is 1. The summed E-state index contributed by atoms with van der Waals surface area (Å²) in [6.07, 6.45) is 0. The number of methoxy groups -OCH3 is 2. The van der Waals surface area contributed by atoms with E-state index in [1.807, 2.05) is 6.92 Å². The molecule has 1 N–H and O–H groups in total. The molecule has 0 fully saturated rings. The lowest BCUT2D eigenvalue weighted by molar-refractivity contribution is -0.120. The fraction of sp³-hybridized carbons (Fsp3) is 0.269. The summed E-state index contributed by atoms with van der Waals surface area (Å²) < 4.78 is 44.0. The zero-order valence-electron chi connectivity index (χ0n) is 20.2. The van der Waals surface area contributed by atoms with Crippen LogP contribution in [0.3, 0.4) is 0 Å². The lowest BCUT2D eigenvalue weighted by Gasteiger charge is -2.25. The Kier molecular flexibility index (Phi) is 8.59. The zero-order valence-corrected chi connectivity index (χ0v) is 21.0. The number of nitrogens with one attached hydrogen (secondary N) is 1. The first-order valence-electron chi connectivity index (χ1n) is 11.0. The van der Waals surface area contributed by atoms with Gasteiger partial charge in [0.1, 0.15) is 30.4 Å². The molecule has 35 heavy (non-hydrogen) atoms. The van der Waals surface area contributed by atoms with Crippen molar-refractivity contribution in [2.75, 3.05) is 31.7 Å². The molecule has 3 aromatic carbocycles. The van der Waals surface area contributed by atoms with Crippen LogP contribution in [-0.4, -0.2) is 47.7 Å². The first-order chi connectivity index (χ1) is 16.7. The molecule has 0 aromatic heterocycles. The predicted molar refractivity (Wildman–Crippen MR) is 135 cm³/mol. The molecule has 0 bridgehead atoms. The van der Waals surface area contributed by atoms with Crippen LogP contribution in [0.2, 0.25) is 0 Å². The zero-order chi connectivity index (χ0) is 25.4. The minimum Gasteiger partial charge on any atom is -0.497 e. The smallest absolute Gasteiger partial charge is 0.264 e. The van der Waals surface area contributed by atoms with Crippen LogP contribution in [0.1, 0.15) is 12.5 Å². The molecule has 0 spiro atoms. The normalized spacial score (nSPS) is 11.9. The first kappa shape index (κ1) is 25.9. The van der Waals surface area contributed by atoms with E-state index in [1.165, 1.54) is 19.2 Å². The summed E-state index contributed by atoms with van der Waals surface area (Å²) in [5.74, 6) is 1.47. The van der Waals surface area contributed by atoms with Gasteiger partial charge >= 0.3 is 0 Å². The van der Waals surface area contributed by atoms with Crippen LogP contribution >= 0.6 is 0 Å². The highest BCUT2D eigenvalue weighted by atomic mass is 32.2. The van der Waals surface area contributed by atoms with E-state index in [0.717, 1.165) is 9.87 Å². The third kappa shape index (κ3) is 6.89. The second kappa shape index (κ2) is 11.6. The van der Waals surface area contributed by atoms with E-state index in [9.17, 15) is 13.2 Å². The molecule has 1 atom stereocenters. The largest absolute Gasteiger partial charge is 0.497 e. The van der Waals surface area contributed by atoms with Crippen LogP contribution < -0.4 is 23.8 Å². The van der Waals surface area contributed by atoms with Gasteiger partial charge in [0, 0.05) is 0 Å². The number of sulfonamides is 1. The van der Waals surface area contributed by atoms with Gasteiger partial charge in [-0.1, -0.05) is 17.7 Å². The van der Waals surface area contributed by atoms with Gasteiger partial charge in [-0.2, -0.15) is 0 Å². The summed E-state index contributed by atoms with van der Waals surface area (Å²) in [7, 11) is -0.883. The summed E-state index contributed by atoms with van der Waals surface area (Å²) in [6, 6.07) is 19.8. The Morgan fingerprint density at radius 2 is 1.37 bits per heavy atom. The molecule has 0 heterocycles. The maximum absolute atomic E-state index is 13.5. The van der Waals surface area contributed by atoms with Crippen LogP contribution in [0.4, 0.5) is 5.69 Å². The van der Waals surface area contributed by atoms with Crippen molar-refractivity contribution in [2.24, 2.45) is 0 Å². The molecule has 0 aliphatic heterocycles. The topological polar surface area (TPSA) is 94.2 Å². The van der Waals surface area contributed by atoms with Crippen LogP contribution in [0.25, 0.3) is 0 Å². The van der Waals surface area contributed by atoms with E-state index in [1.54, 1.807) is 74.7 Å². The van der Waals surface area contributed by atoms with E-state index in [0.29, 0.717) is 22.9 Å². The summed E-state index contributed by atoms with van der Waals surface area (Å²) in [4.78, 5) is 13.0.